The molecule has 0 unspecified atom stereocenters. The summed E-state index contributed by atoms with van der Waals surface area (Å²) in [6, 6.07) is 0.111. The van der Waals surface area contributed by atoms with Crippen LogP contribution in [0.2, 0.25) is 0 Å². The van der Waals surface area contributed by atoms with Gasteiger partial charge in [-0.3, -0.25) is 4.79 Å². The van der Waals surface area contributed by atoms with Crippen molar-refractivity contribution in [1.29, 1.82) is 0 Å². The molecule has 3 heteroatoms. The SMILES string of the molecule is CC1(C2(C(=O)O)CC(N)C2)CCCCC1. The number of carboxylic acids is 1. The summed E-state index contributed by atoms with van der Waals surface area (Å²) in [5.74, 6) is -0.617. The van der Waals surface area contributed by atoms with Gasteiger partial charge in [-0.15, -0.1) is 0 Å². The summed E-state index contributed by atoms with van der Waals surface area (Å²) in [5, 5.41) is 9.46. The van der Waals surface area contributed by atoms with E-state index in [1.807, 2.05) is 0 Å². The highest BCUT2D eigenvalue weighted by molar-refractivity contribution is 5.77. The van der Waals surface area contributed by atoms with Gasteiger partial charge in [0.2, 0.25) is 0 Å². The molecule has 3 nitrogen and oxygen atoms in total. The first-order chi connectivity index (χ1) is 7.00. The summed E-state index contributed by atoms with van der Waals surface area (Å²) in [6.45, 7) is 2.16. The lowest BCUT2D eigenvalue weighted by atomic mass is 9.48. The molecule has 0 aromatic heterocycles. The Morgan fingerprint density at radius 2 is 1.80 bits per heavy atom. The van der Waals surface area contributed by atoms with Crippen molar-refractivity contribution < 1.29 is 9.90 Å². The highest BCUT2D eigenvalue weighted by Gasteiger charge is 2.60. The van der Waals surface area contributed by atoms with Gasteiger partial charge in [-0.25, -0.2) is 0 Å². The molecular weight excluding hydrogens is 190 g/mol. The van der Waals surface area contributed by atoms with Crippen LogP contribution in [0.5, 0.6) is 0 Å². The van der Waals surface area contributed by atoms with Crippen molar-refractivity contribution in [3.05, 3.63) is 0 Å². The molecule has 0 radical (unpaired) electrons. The minimum atomic E-state index is -0.617. The molecule has 2 aliphatic carbocycles. The first kappa shape index (κ1) is 10.9. The van der Waals surface area contributed by atoms with Gasteiger partial charge in [0.25, 0.3) is 0 Å². The van der Waals surface area contributed by atoms with Crippen LogP contribution < -0.4 is 5.73 Å². The Hall–Kier alpha value is -0.570. The maximum atomic E-state index is 11.5. The molecule has 0 spiro atoms. The Bertz CT molecular complexity index is 263. The van der Waals surface area contributed by atoms with Gasteiger partial charge in [0.05, 0.1) is 5.41 Å². The van der Waals surface area contributed by atoms with Gasteiger partial charge in [0, 0.05) is 6.04 Å². The molecule has 0 aliphatic heterocycles. The number of hydrogen-bond donors (Lipinski definition) is 2. The van der Waals surface area contributed by atoms with Gasteiger partial charge in [-0.05, 0) is 31.1 Å². The van der Waals surface area contributed by atoms with Gasteiger partial charge in [0.1, 0.15) is 0 Å². The fraction of sp³-hybridized carbons (Fsp3) is 0.917. The lowest BCUT2D eigenvalue weighted by Crippen LogP contribution is -2.59. The van der Waals surface area contributed by atoms with Gasteiger partial charge in [-0.2, -0.15) is 0 Å². The van der Waals surface area contributed by atoms with Crippen molar-refractivity contribution in [2.75, 3.05) is 0 Å². The maximum Gasteiger partial charge on any atom is 0.310 e. The van der Waals surface area contributed by atoms with Crippen LogP contribution in [0.3, 0.4) is 0 Å². The highest BCUT2D eigenvalue weighted by atomic mass is 16.4. The van der Waals surface area contributed by atoms with E-state index < -0.39 is 11.4 Å². The second kappa shape index (κ2) is 3.48. The average molecular weight is 211 g/mol. The molecule has 0 aromatic rings. The molecule has 0 atom stereocenters. The standard InChI is InChI=1S/C12H21NO2/c1-11(5-3-2-4-6-11)12(10(14)15)7-9(13)8-12/h9H,2-8,13H2,1H3,(H,14,15). The first-order valence-corrected chi connectivity index (χ1v) is 5.99. The van der Waals surface area contributed by atoms with Crippen LogP contribution in [-0.2, 0) is 4.79 Å². The molecule has 2 saturated carbocycles. The second-order valence-electron chi connectivity index (χ2n) is 5.68. The zero-order valence-corrected chi connectivity index (χ0v) is 9.46. The van der Waals surface area contributed by atoms with E-state index in [4.69, 9.17) is 5.73 Å². The van der Waals surface area contributed by atoms with Crippen molar-refractivity contribution in [3.63, 3.8) is 0 Å². The van der Waals surface area contributed by atoms with Crippen molar-refractivity contribution in [3.8, 4) is 0 Å². The highest BCUT2D eigenvalue weighted by Crippen LogP contribution is 2.59. The molecule has 2 fully saturated rings. The molecule has 2 aliphatic rings. The summed E-state index contributed by atoms with van der Waals surface area (Å²) in [4.78, 5) is 11.5. The number of hydrogen-bond acceptors (Lipinski definition) is 2. The Kier molecular flexibility index (Phi) is 2.53. The Morgan fingerprint density at radius 1 is 1.27 bits per heavy atom. The van der Waals surface area contributed by atoms with Crippen LogP contribution in [-0.4, -0.2) is 17.1 Å². The lowest BCUT2D eigenvalue weighted by Gasteiger charge is -2.55. The van der Waals surface area contributed by atoms with E-state index in [0.29, 0.717) is 12.8 Å². The van der Waals surface area contributed by atoms with E-state index in [2.05, 4.69) is 6.92 Å². The molecule has 0 amide bonds. The van der Waals surface area contributed by atoms with Crippen LogP contribution in [0.25, 0.3) is 0 Å². The molecular formula is C12H21NO2. The number of rotatable bonds is 2. The Balaban J connectivity index is 2.21. The predicted octanol–water partition coefficient (Wildman–Crippen LogP) is 2.15. The largest absolute Gasteiger partial charge is 0.481 e. The monoisotopic (exact) mass is 211 g/mol. The van der Waals surface area contributed by atoms with Crippen LogP contribution in [0, 0.1) is 10.8 Å². The number of carbonyl (C=O) groups is 1. The van der Waals surface area contributed by atoms with Gasteiger partial charge in [0.15, 0.2) is 0 Å². The molecule has 3 N–H and O–H groups in total. The van der Waals surface area contributed by atoms with Gasteiger partial charge in [-0.1, -0.05) is 26.2 Å². The molecule has 86 valence electrons. The number of carboxylic acid groups (broad SMARTS) is 1. The lowest BCUT2D eigenvalue weighted by molar-refractivity contribution is -0.173. The van der Waals surface area contributed by atoms with Crippen LogP contribution in [0.4, 0.5) is 0 Å². The third kappa shape index (κ3) is 1.48. The number of aliphatic carboxylic acids is 1. The maximum absolute atomic E-state index is 11.5. The van der Waals surface area contributed by atoms with Crippen molar-refractivity contribution in [2.45, 2.75) is 57.9 Å². The minimum absolute atomic E-state index is 0.00699. The molecule has 2 rings (SSSR count). The summed E-state index contributed by atoms with van der Waals surface area (Å²) >= 11 is 0. The molecule has 0 heterocycles. The van der Waals surface area contributed by atoms with Gasteiger partial charge < -0.3 is 10.8 Å². The average Bonchev–Trinajstić information content (AvgIpc) is 2.13. The zero-order valence-electron chi connectivity index (χ0n) is 9.46. The topological polar surface area (TPSA) is 63.3 Å². The van der Waals surface area contributed by atoms with Crippen LogP contribution in [0.1, 0.15) is 51.9 Å². The predicted molar refractivity (Wildman–Crippen MR) is 58.5 cm³/mol. The summed E-state index contributed by atoms with van der Waals surface area (Å²) in [6.07, 6.45) is 7.11. The van der Waals surface area contributed by atoms with Gasteiger partial charge >= 0.3 is 5.97 Å². The zero-order chi connectivity index (χ0) is 11.1. The number of nitrogens with two attached hydrogens (primary N) is 1. The van der Waals surface area contributed by atoms with E-state index in [-0.39, 0.29) is 11.5 Å². The first-order valence-electron chi connectivity index (χ1n) is 5.99. The summed E-state index contributed by atoms with van der Waals surface area (Å²) in [7, 11) is 0. The fourth-order valence-corrected chi connectivity index (χ4v) is 3.57. The fourth-order valence-electron chi connectivity index (χ4n) is 3.57. The smallest absolute Gasteiger partial charge is 0.310 e. The van der Waals surface area contributed by atoms with E-state index in [1.165, 1.54) is 19.3 Å². The quantitative estimate of drug-likeness (QED) is 0.735. The Labute approximate surface area is 91.0 Å². The molecule has 0 saturated heterocycles. The van der Waals surface area contributed by atoms with Crippen LogP contribution >= 0.6 is 0 Å². The minimum Gasteiger partial charge on any atom is -0.481 e. The van der Waals surface area contributed by atoms with E-state index in [1.54, 1.807) is 0 Å². The van der Waals surface area contributed by atoms with E-state index >= 15 is 0 Å². The van der Waals surface area contributed by atoms with E-state index in [9.17, 15) is 9.90 Å². The second-order valence-corrected chi connectivity index (χ2v) is 5.68. The normalized spacial score (nSPS) is 39.5. The van der Waals surface area contributed by atoms with Crippen molar-refractivity contribution in [2.24, 2.45) is 16.6 Å². The van der Waals surface area contributed by atoms with Crippen molar-refractivity contribution in [1.82, 2.24) is 0 Å². The molecule has 15 heavy (non-hydrogen) atoms. The van der Waals surface area contributed by atoms with E-state index in [0.717, 1.165) is 12.8 Å². The molecule has 0 bridgehead atoms. The van der Waals surface area contributed by atoms with Crippen molar-refractivity contribution >= 4 is 5.97 Å². The third-order valence-electron chi connectivity index (χ3n) is 4.74. The third-order valence-corrected chi connectivity index (χ3v) is 4.74. The summed E-state index contributed by atoms with van der Waals surface area (Å²) in [5.41, 5.74) is 5.28. The molecule has 0 aromatic carbocycles. The Morgan fingerprint density at radius 3 is 2.20 bits per heavy atom. The summed E-state index contributed by atoms with van der Waals surface area (Å²) < 4.78 is 0. The van der Waals surface area contributed by atoms with Crippen LogP contribution in [0.15, 0.2) is 0 Å².